The molecule has 2 heteroatoms. The molecule has 0 saturated heterocycles. The maximum Gasteiger partial charge on any atom is 0.195 e. The number of rotatable bonds is 5. The molecule has 0 fully saturated rings. The van der Waals surface area contributed by atoms with Gasteiger partial charge in [0, 0.05) is 34.8 Å². The second kappa shape index (κ2) is 5.80. The van der Waals surface area contributed by atoms with E-state index in [0.717, 1.165) is 35.0 Å². The molecule has 0 bridgehead atoms. The summed E-state index contributed by atoms with van der Waals surface area (Å²) < 4.78 is 2.13. The summed E-state index contributed by atoms with van der Waals surface area (Å²) in [6, 6.07) is 17.5. The lowest BCUT2D eigenvalue weighted by atomic mass is 10.0. The van der Waals surface area contributed by atoms with Crippen molar-refractivity contribution in [2.75, 3.05) is 0 Å². The van der Waals surface area contributed by atoms with Crippen LogP contribution in [0.3, 0.4) is 0 Å². The number of hydrogen-bond donors (Lipinski definition) is 0. The fourth-order valence-electron chi connectivity index (χ4n) is 2.59. The van der Waals surface area contributed by atoms with Crippen LogP contribution in [0.1, 0.15) is 22.3 Å². The number of aromatic nitrogens is 1. The van der Waals surface area contributed by atoms with Gasteiger partial charge in [0.15, 0.2) is 5.78 Å². The topological polar surface area (TPSA) is 22.0 Å². The van der Waals surface area contributed by atoms with Gasteiger partial charge in [0.05, 0.1) is 0 Å². The van der Waals surface area contributed by atoms with Crippen molar-refractivity contribution in [3.8, 4) is 0 Å². The predicted molar refractivity (Wildman–Crippen MR) is 86.6 cm³/mol. The van der Waals surface area contributed by atoms with Gasteiger partial charge in [-0.3, -0.25) is 4.79 Å². The standard InChI is InChI=1S/C19H17NO/c1-2-3-13-20-14-17(16-11-7-8-12-18(16)20)19(21)15-9-5-4-6-10-15/h2,4-12,14H,1,3,13H2. The summed E-state index contributed by atoms with van der Waals surface area (Å²) in [7, 11) is 0. The molecular formula is C19H17NO. The highest BCUT2D eigenvalue weighted by Gasteiger charge is 2.15. The Hall–Kier alpha value is -2.61. The highest BCUT2D eigenvalue weighted by Crippen LogP contribution is 2.24. The number of hydrogen-bond acceptors (Lipinski definition) is 1. The van der Waals surface area contributed by atoms with Crippen LogP contribution in [0.5, 0.6) is 0 Å². The van der Waals surface area contributed by atoms with Gasteiger partial charge in [-0.1, -0.05) is 54.6 Å². The van der Waals surface area contributed by atoms with E-state index in [9.17, 15) is 4.79 Å². The Morgan fingerprint density at radius 3 is 2.52 bits per heavy atom. The van der Waals surface area contributed by atoms with Crippen LogP contribution in [0.4, 0.5) is 0 Å². The molecule has 104 valence electrons. The summed E-state index contributed by atoms with van der Waals surface area (Å²) in [5, 5.41) is 1.01. The molecule has 1 aromatic heterocycles. The second-order valence-corrected chi connectivity index (χ2v) is 5.03. The highest BCUT2D eigenvalue weighted by atomic mass is 16.1. The monoisotopic (exact) mass is 275 g/mol. The third-order valence-corrected chi connectivity index (χ3v) is 3.64. The maximum atomic E-state index is 12.7. The Morgan fingerprint density at radius 2 is 1.76 bits per heavy atom. The number of ketones is 1. The number of fused-ring (bicyclic) bond motifs is 1. The molecule has 2 aromatic carbocycles. The molecule has 0 atom stereocenters. The van der Waals surface area contributed by atoms with Crippen LogP contribution >= 0.6 is 0 Å². The van der Waals surface area contributed by atoms with E-state index in [-0.39, 0.29) is 5.78 Å². The molecule has 1 heterocycles. The van der Waals surface area contributed by atoms with E-state index in [4.69, 9.17) is 0 Å². The Morgan fingerprint density at radius 1 is 1.05 bits per heavy atom. The van der Waals surface area contributed by atoms with Crippen LogP contribution in [0, 0.1) is 0 Å². The van der Waals surface area contributed by atoms with Crippen LogP contribution in [0.2, 0.25) is 0 Å². The number of benzene rings is 2. The molecule has 0 amide bonds. The third kappa shape index (κ3) is 2.52. The number of allylic oxidation sites excluding steroid dienone is 1. The van der Waals surface area contributed by atoms with Crippen LogP contribution in [-0.2, 0) is 6.54 Å². The van der Waals surface area contributed by atoms with Crippen LogP contribution in [-0.4, -0.2) is 10.4 Å². The lowest BCUT2D eigenvalue weighted by Crippen LogP contribution is -2.00. The summed E-state index contributed by atoms with van der Waals surface area (Å²) in [4.78, 5) is 12.7. The summed E-state index contributed by atoms with van der Waals surface area (Å²) in [6.07, 6.45) is 4.74. The largest absolute Gasteiger partial charge is 0.346 e. The summed E-state index contributed by atoms with van der Waals surface area (Å²) >= 11 is 0. The Bertz CT molecular complexity index is 784. The molecule has 21 heavy (non-hydrogen) atoms. The number of carbonyl (C=O) groups excluding carboxylic acids is 1. The Labute approximate surface area is 124 Å². The fraction of sp³-hybridized carbons (Fsp3) is 0.105. The lowest BCUT2D eigenvalue weighted by Gasteiger charge is -2.01. The van der Waals surface area contributed by atoms with Crippen molar-refractivity contribution in [2.45, 2.75) is 13.0 Å². The van der Waals surface area contributed by atoms with Gasteiger partial charge in [0.25, 0.3) is 0 Å². The molecule has 0 aliphatic heterocycles. The molecule has 0 spiro atoms. The van der Waals surface area contributed by atoms with Crippen molar-refractivity contribution in [1.82, 2.24) is 4.57 Å². The van der Waals surface area contributed by atoms with Gasteiger partial charge in [-0.15, -0.1) is 6.58 Å². The first-order chi connectivity index (χ1) is 10.3. The van der Waals surface area contributed by atoms with Gasteiger partial charge in [0.1, 0.15) is 0 Å². The number of para-hydroxylation sites is 1. The highest BCUT2D eigenvalue weighted by molar-refractivity contribution is 6.16. The van der Waals surface area contributed by atoms with Crippen LogP contribution in [0.15, 0.2) is 73.4 Å². The zero-order valence-electron chi connectivity index (χ0n) is 11.8. The van der Waals surface area contributed by atoms with Gasteiger partial charge in [-0.2, -0.15) is 0 Å². The summed E-state index contributed by atoms with van der Waals surface area (Å²) in [5.74, 6) is 0.0733. The van der Waals surface area contributed by atoms with Gasteiger partial charge < -0.3 is 4.57 Å². The number of carbonyl (C=O) groups is 1. The van der Waals surface area contributed by atoms with Crippen molar-refractivity contribution in [1.29, 1.82) is 0 Å². The number of aryl methyl sites for hydroxylation is 1. The zero-order chi connectivity index (χ0) is 14.7. The SMILES string of the molecule is C=CCCn1cc(C(=O)c2ccccc2)c2ccccc21. The average Bonchev–Trinajstić information content (AvgIpc) is 2.92. The minimum Gasteiger partial charge on any atom is -0.346 e. The molecule has 0 aliphatic carbocycles. The lowest BCUT2D eigenvalue weighted by molar-refractivity contribution is 0.104. The first-order valence-corrected chi connectivity index (χ1v) is 7.10. The van der Waals surface area contributed by atoms with E-state index in [0.29, 0.717) is 0 Å². The van der Waals surface area contributed by atoms with E-state index in [1.54, 1.807) is 0 Å². The molecule has 0 saturated carbocycles. The molecular weight excluding hydrogens is 258 g/mol. The van der Waals surface area contributed by atoms with Gasteiger partial charge >= 0.3 is 0 Å². The van der Waals surface area contributed by atoms with Crippen molar-refractivity contribution < 1.29 is 4.79 Å². The molecule has 0 aliphatic rings. The summed E-state index contributed by atoms with van der Waals surface area (Å²) in [5.41, 5.74) is 2.59. The quantitative estimate of drug-likeness (QED) is 0.498. The Balaban J connectivity index is 2.10. The first-order valence-electron chi connectivity index (χ1n) is 7.10. The minimum atomic E-state index is 0.0733. The van der Waals surface area contributed by atoms with Crippen LogP contribution < -0.4 is 0 Å². The number of nitrogens with zero attached hydrogens (tertiary/aromatic N) is 1. The Kier molecular flexibility index (Phi) is 3.69. The van der Waals surface area contributed by atoms with Crippen LogP contribution in [0.25, 0.3) is 10.9 Å². The van der Waals surface area contributed by atoms with E-state index in [1.807, 2.05) is 60.8 Å². The molecule has 0 N–H and O–H groups in total. The average molecular weight is 275 g/mol. The summed E-state index contributed by atoms with van der Waals surface area (Å²) in [6.45, 7) is 4.60. The minimum absolute atomic E-state index is 0.0733. The van der Waals surface area contributed by atoms with Crippen molar-refractivity contribution in [3.05, 3.63) is 84.6 Å². The van der Waals surface area contributed by atoms with Crippen molar-refractivity contribution in [2.24, 2.45) is 0 Å². The smallest absolute Gasteiger partial charge is 0.195 e. The van der Waals surface area contributed by atoms with Gasteiger partial charge in [0.2, 0.25) is 0 Å². The van der Waals surface area contributed by atoms with Crippen molar-refractivity contribution >= 4 is 16.7 Å². The maximum absolute atomic E-state index is 12.7. The normalized spacial score (nSPS) is 10.7. The van der Waals surface area contributed by atoms with Gasteiger partial charge in [-0.25, -0.2) is 0 Å². The first kappa shape index (κ1) is 13.4. The molecule has 3 aromatic rings. The molecule has 3 rings (SSSR count). The molecule has 0 radical (unpaired) electrons. The van der Waals surface area contributed by atoms with E-state index < -0.39 is 0 Å². The van der Waals surface area contributed by atoms with Crippen molar-refractivity contribution in [3.63, 3.8) is 0 Å². The second-order valence-electron chi connectivity index (χ2n) is 5.03. The van der Waals surface area contributed by atoms with E-state index in [1.165, 1.54) is 0 Å². The predicted octanol–water partition coefficient (Wildman–Crippen LogP) is 4.45. The van der Waals surface area contributed by atoms with E-state index >= 15 is 0 Å². The molecule has 0 unspecified atom stereocenters. The zero-order valence-corrected chi connectivity index (χ0v) is 11.8. The third-order valence-electron chi connectivity index (χ3n) is 3.64. The van der Waals surface area contributed by atoms with E-state index in [2.05, 4.69) is 17.2 Å². The van der Waals surface area contributed by atoms with Gasteiger partial charge in [-0.05, 0) is 12.5 Å². The molecule has 2 nitrogen and oxygen atoms in total. The fourth-order valence-corrected chi connectivity index (χ4v) is 2.59.